The fourth-order valence-electron chi connectivity index (χ4n) is 3.71. The topological polar surface area (TPSA) is 92.8 Å². The largest absolute Gasteiger partial charge is 0.454 e. The first kappa shape index (κ1) is 22.9. The van der Waals surface area contributed by atoms with Crippen LogP contribution >= 0.6 is 0 Å². The Balaban J connectivity index is 1.30. The second-order valence-corrected chi connectivity index (χ2v) is 8.17. The standard InChI is InChI=1S/C27H24N2O5/c1-18-7-13-23(14-8-18)29-16-21(15-25(29)31)26(32)28-22-11-9-20(10-12-22)27(33)34-17-24(30)19-5-3-2-4-6-19/h2-14,21H,15-17H2,1H3,(H,28,32)/t21-/m1/s1. The van der Waals surface area contributed by atoms with Crippen LogP contribution in [0.1, 0.15) is 32.7 Å². The van der Waals surface area contributed by atoms with Gasteiger partial charge < -0.3 is 15.0 Å². The van der Waals surface area contributed by atoms with Crippen molar-refractivity contribution in [3.8, 4) is 0 Å². The number of benzene rings is 3. The van der Waals surface area contributed by atoms with Crippen molar-refractivity contribution in [1.82, 2.24) is 0 Å². The lowest BCUT2D eigenvalue weighted by atomic mass is 10.1. The number of anilines is 2. The average Bonchev–Trinajstić information content (AvgIpc) is 3.25. The highest BCUT2D eigenvalue weighted by atomic mass is 16.5. The van der Waals surface area contributed by atoms with E-state index in [1.807, 2.05) is 31.2 Å². The van der Waals surface area contributed by atoms with E-state index >= 15 is 0 Å². The zero-order valence-corrected chi connectivity index (χ0v) is 18.7. The summed E-state index contributed by atoms with van der Waals surface area (Å²) in [5.41, 5.74) is 3.11. The summed E-state index contributed by atoms with van der Waals surface area (Å²) in [6, 6.07) is 22.4. The molecule has 1 heterocycles. The van der Waals surface area contributed by atoms with Gasteiger partial charge in [-0.25, -0.2) is 4.79 Å². The summed E-state index contributed by atoms with van der Waals surface area (Å²) in [7, 11) is 0. The number of hydrogen-bond acceptors (Lipinski definition) is 5. The maximum Gasteiger partial charge on any atom is 0.338 e. The van der Waals surface area contributed by atoms with Crippen molar-refractivity contribution in [1.29, 1.82) is 0 Å². The van der Waals surface area contributed by atoms with Gasteiger partial charge in [-0.05, 0) is 43.3 Å². The first-order valence-corrected chi connectivity index (χ1v) is 10.9. The fraction of sp³-hybridized carbons (Fsp3) is 0.185. The van der Waals surface area contributed by atoms with Gasteiger partial charge in [-0.2, -0.15) is 0 Å². The van der Waals surface area contributed by atoms with Gasteiger partial charge in [0.25, 0.3) is 0 Å². The van der Waals surface area contributed by atoms with Crippen molar-refractivity contribution in [3.05, 3.63) is 95.6 Å². The first-order valence-electron chi connectivity index (χ1n) is 10.9. The molecular formula is C27H24N2O5. The number of Topliss-reactive ketones (excluding diaryl/α,β-unsaturated/α-hetero) is 1. The molecule has 0 bridgehead atoms. The Kier molecular flexibility index (Phi) is 6.82. The number of carbonyl (C=O) groups excluding carboxylic acids is 4. The number of hydrogen-bond donors (Lipinski definition) is 1. The van der Waals surface area contributed by atoms with Gasteiger partial charge in [0.15, 0.2) is 12.4 Å². The summed E-state index contributed by atoms with van der Waals surface area (Å²) in [5, 5.41) is 2.80. The van der Waals surface area contributed by atoms with E-state index in [4.69, 9.17) is 4.74 Å². The average molecular weight is 456 g/mol. The Hall–Kier alpha value is -4.26. The Morgan fingerprint density at radius 3 is 2.26 bits per heavy atom. The van der Waals surface area contributed by atoms with Crippen LogP contribution in [-0.4, -0.2) is 36.7 Å². The van der Waals surface area contributed by atoms with Crippen molar-refractivity contribution in [2.75, 3.05) is 23.4 Å². The number of ketones is 1. The van der Waals surface area contributed by atoms with E-state index in [9.17, 15) is 19.2 Å². The zero-order chi connectivity index (χ0) is 24.1. The van der Waals surface area contributed by atoms with Crippen LogP contribution in [0.5, 0.6) is 0 Å². The van der Waals surface area contributed by atoms with E-state index in [-0.39, 0.29) is 36.2 Å². The number of rotatable bonds is 7. The number of nitrogens with one attached hydrogen (secondary N) is 1. The highest BCUT2D eigenvalue weighted by Crippen LogP contribution is 2.26. The molecule has 1 aliphatic heterocycles. The van der Waals surface area contributed by atoms with Gasteiger partial charge in [-0.15, -0.1) is 0 Å². The molecule has 34 heavy (non-hydrogen) atoms. The van der Waals surface area contributed by atoms with Gasteiger partial charge in [0.05, 0.1) is 11.5 Å². The second kappa shape index (κ2) is 10.1. The number of amides is 2. The third-order valence-corrected chi connectivity index (χ3v) is 5.66. The van der Waals surface area contributed by atoms with Gasteiger partial charge in [0.1, 0.15) is 0 Å². The number of aryl methyl sites for hydroxylation is 1. The van der Waals surface area contributed by atoms with Crippen LogP contribution in [0.15, 0.2) is 78.9 Å². The van der Waals surface area contributed by atoms with E-state index in [2.05, 4.69) is 5.32 Å². The molecule has 1 aliphatic rings. The lowest BCUT2D eigenvalue weighted by Gasteiger charge is -2.17. The molecule has 172 valence electrons. The summed E-state index contributed by atoms with van der Waals surface area (Å²) < 4.78 is 5.10. The second-order valence-electron chi connectivity index (χ2n) is 8.17. The van der Waals surface area contributed by atoms with Gasteiger partial charge >= 0.3 is 5.97 Å². The highest BCUT2D eigenvalue weighted by molar-refractivity contribution is 6.04. The summed E-state index contributed by atoms with van der Waals surface area (Å²) in [6.45, 7) is 1.93. The summed E-state index contributed by atoms with van der Waals surface area (Å²) in [5.74, 6) is -1.73. The molecule has 0 aromatic heterocycles. The maximum absolute atomic E-state index is 12.7. The molecule has 1 fully saturated rings. The van der Waals surface area contributed by atoms with Gasteiger partial charge in [-0.3, -0.25) is 14.4 Å². The predicted octanol–water partition coefficient (Wildman–Crippen LogP) is 4.03. The molecule has 3 aromatic carbocycles. The van der Waals surface area contributed by atoms with E-state index in [0.717, 1.165) is 11.3 Å². The zero-order valence-electron chi connectivity index (χ0n) is 18.7. The van der Waals surface area contributed by atoms with Gasteiger partial charge in [0.2, 0.25) is 11.8 Å². The highest BCUT2D eigenvalue weighted by Gasteiger charge is 2.35. The molecule has 0 unspecified atom stereocenters. The van der Waals surface area contributed by atoms with E-state index in [1.54, 1.807) is 47.4 Å². The lowest BCUT2D eigenvalue weighted by molar-refractivity contribution is -0.122. The van der Waals surface area contributed by atoms with Crippen molar-refractivity contribution < 1.29 is 23.9 Å². The normalized spacial score (nSPS) is 15.1. The molecule has 4 rings (SSSR count). The molecule has 1 saturated heterocycles. The monoisotopic (exact) mass is 456 g/mol. The smallest absolute Gasteiger partial charge is 0.338 e. The van der Waals surface area contributed by atoms with E-state index in [0.29, 0.717) is 17.8 Å². The van der Waals surface area contributed by atoms with Crippen molar-refractivity contribution in [2.24, 2.45) is 5.92 Å². The predicted molar refractivity (Wildman–Crippen MR) is 128 cm³/mol. The summed E-state index contributed by atoms with van der Waals surface area (Å²) in [6.07, 6.45) is 0.138. The van der Waals surface area contributed by atoms with Crippen LogP contribution in [-0.2, 0) is 14.3 Å². The molecule has 0 radical (unpaired) electrons. The van der Waals surface area contributed by atoms with Crippen molar-refractivity contribution in [3.63, 3.8) is 0 Å². The van der Waals surface area contributed by atoms with E-state index < -0.39 is 11.9 Å². The third-order valence-electron chi connectivity index (χ3n) is 5.66. The first-order chi connectivity index (χ1) is 16.4. The molecule has 7 heteroatoms. The molecular weight excluding hydrogens is 432 g/mol. The molecule has 7 nitrogen and oxygen atoms in total. The van der Waals surface area contributed by atoms with E-state index in [1.165, 1.54) is 12.1 Å². The molecule has 0 aliphatic carbocycles. The van der Waals surface area contributed by atoms with Crippen LogP contribution in [0.25, 0.3) is 0 Å². The Bertz CT molecular complexity index is 1200. The molecule has 1 atom stereocenters. The molecule has 0 saturated carbocycles. The van der Waals surface area contributed by atoms with Gasteiger partial charge in [-0.1, -0.05) is 48.0 Å². The minimum atomic E-state index is -0.628. The van der Waals surface area contributed by atoms with Crippen LogP contribution < -0.4 is 10.2 Å². The Morgan fingerprint density at radius 2 is 1.59 bits per heavy atom. The minimum absolute atomic E-state index is 0.0906. The van der Waals surface area contributed by atoms with Crippen LogP contribution in [0.4, 0.5) is 11.4 Å². The Morgan fingerprint density at radius 1 is 0.912 bits per heavy atom. The Labute approximate surface area is 197 Å². The number of carbonyl (C=O) groups is 4. The number of nitrogens with zero attached hydrogens (tertiary/aromatic N) is 1. The number of ether oxygens (including phenoxy) is 1. The molecule has 1 N–H and O–H groups in total. The summed E-state index contributed by atoms with van der Waals surface area (Å²) >= 11 is 0. The van der Waals surface area contributed by atoms with Crippen LogP contribution in [0, 0.1) is 12.8 Å². The van der Waals surface area contributed by atoms with Crippen molar-refractivity contribution >= 4 is 34.9 Å². The van der Waals surface area contributed by atoms with Crippen molar-refractivity contribution in [2.45, 2.75) is 13.3 Å². The maximum atomic E-state index is 12.7. The lowest BCUT2D eigenvalue weighted by Crippen LogP contribution is -2.28. The number of esters is 1. The molecule has 0 spiro atoms. The van der Waals surface area contributed by atoms with Crippen LogP contribution in [0.2, 0.25) is 0 Å². The quantitative estimate of drug-likeness (QED) is 0.428. The fourth-order valence-corrected chi connectivity index (χ4v) is 3.71. The summed E-state index contributed by atoms with van der Waals surface area (Å²) in [4.78, 5) is 51.1. The third kappa shape index (κ3) is 5.38. The minimum Gasteiger partial charge on any atom is -0.454 e. The molecule has 3 aromatic rings. The van der Waals surface area contributed by atoms with Crippen LogP contribution in [0.3, 0.4) is 0 Å². The molecule has 2 amide bonds. The SMILES string of the molecule is Cc1ccc(N2C[C@H](C(=O)Nc3ccc(C(=O)OCC(=O)c4ccccc4)cc3)CC2=O)cc1. The van der Waals surface area contributed by atoms with Gasteiger partial charge in [0, 0.05) is 29.9 Å².